The second-order valence-electron chi connectivity index (χ2n) is 9.39. The van der Waals surface area contributed by atoms with Crippen LogP contribution in [0.1, 0.15) is 17.4 Å². The molecule has 6 rings (SSSR count). The summed E-state index contributed by atoms with van der Waals surface area (Å²) in [6.07, 6.45) is 0.991. The highest BCUT2D eigenvalue weighted by Crippen LogP contribution is 2.34. The van der Waals surface area contributed by atoms with E-state index in [1.807, 2.05) is 0 Å². The fourth-order valence-electron chi connectivity index (χ4n) is 4.71. The summed E-state index contributed by atoms with van der Waals surface area (Å²) in [4.78, 5) is 17.0. The number of amides is 1. The monoisotopic (exact) mass is 615 g/mol. The van der Waals surface area contributed by atoms with Crippen LogP contribution in [0.5, 0.6) is 0 Å². The molecule has 0 unspecified atom stereocenters. The number of benzene rings is 1. The summed E-state index contributed by atoms with van der Waals surface area (Å²) >= 11 is 6.05. The first-order chi connectivity index (χ1) is 20.6. The topological polar surface area (TPSA) is 131 Å². The molecule has 0 saturated carbocycles. The second kappa shape index (κ2) is 10.9. The Hall–Kier alpha value is -5.12. The third-order valence-electron chi connectivity index (χ3n) is 6.79. The number of aromatic nitrogens is 8. The number of hydrogen-bond acceptors (Lipinski definition) is 8. The number of carbonyl (C=O) groups is 1. The van der Waals surface area contributed by atoms with E-state index in [1.165, 1.54) is 63.3 Å². The van der Waals surface area contributed by atoms with Gasteiger partial charge in [0.1, 0.15) is 18.6 Å². The molecule has 1 aliphatic heterocycles. The molecule has 0 N–H and O–H groups in total. The van der Waals surface area contributed by atoms with Gasteiger partial charge in [-0.1, -0.05) is 11.6 Å². The van der Waals surface area contributed by atoms with Crippen molar-refractivity contribution in [1.82, 2.24) is 39.9 Å². The third kappa shape index (κ3) is 5.43. The largest absolute Gasteiger partial charge is 0.618 e. The van der Waals surface area contributed by atoms with Crippen LogP contribution >= 0.6 is 11.6 Å². The van der Waals surface area contributed by atoms with Crippen molar-refractivity contribution in [2.75, 3.05) is 19.7 Å². The van der Waals surface area contributed by atoms with Crippen molar-refractivity contribution in [2.45, 2.75) is 12.2 Å². The summed E-state index contributed by atoms with van der Waals surface area (Å²) in [7, 11) is 0. The van der Waals surface area contributed by atoms with E-state index >= 15 is 4.39 Å². The van der Waals surface area contributed by atoms with Crippen LogP contribution in [0.15, 0.2) is 67.5 Å². The fourth-order valence-corrected chi connectivity index (χ4v) is 4.87. The highest BCUT2D eigenvalue weighted by molar-refractivity contribution is 6.31. The van der Waals surface area contributed by atoms with Crippen molar-refractivity contribution in [3.05, 3.63) is 94.9 Å². The summed E-state index contributed by atoms with van der Waals surface area (Å²) in [5.74, 6) is -0.800. The zero-order valence-corrected chi connectivity index (χ0v) is 22.4. The molecule has 1 atom stereocenters. The first-order valence-corrected chi connectivity index (χ1v) is 12.9. The number of tetrazole rings is 1. The Kier molecular flexibility index (Phi) is 7.13. The van der Waals surface area contributed by atoms with Crippen LogP contribution in [0.2, 0.25) is 5.02 Å². The van der Waals surface area contributed by atoms with E-state index in [-0.39, 0.29) is 52.8 Å². The molecule has 0 bridgehead atoms. The van der Waals surface area contributed by atoms with Crippen LogP contribution < -0.4 is 4.73 Å². The molecular formula is C26H18ClF4N9O3. The van der Waals surface area contributed by atoms with Crippen LogP contribution in [0.3, 0.4) is 0 Å². The van der Waals surface area contributed by atoms with Crippen molar-refractivity contribution in [3.63, 3.8) is 0 Å². The smallest absolute Gasteiger partial charge is 0.433 e. The van der Waals surface area contributed by atoms with E-state index in [1.54, 1.807) is 0 Å². The minimum atomic E-state index is -4.65. The lowest BCUT2D eigenvalue weighted by molar-refractivity contribution is -0.615. The van der Waals surface area contributed by atoms with Crippen molar-refractivity contribution in [1.29, 1.82) is 0 Å². The first-order valence-electron chi connectivity index (χ1n) is 12.5. The van der Waals surface area contributed by atoms with E-state index in [0.29, 0.717) is 10.3 Å². The van der Waals surface area contributed by atoms with Crippen molar-refractivity contribution >= 4 is 17.7 Å². The number of halogens is 5. The predicted molar refractivity (Wildman–Crippen MR) is 140 cm³/mol. The number of nitrogens with zero attached hydrogens (tertiary/aromatic N) is 9. The second-order valence-corrected chi connectivity index (χ2v) is 9.80. The average Bonchev–Trinajstić information content (AvgIpc) is 3.76. The maximum absolute atomic E-state index is 15.3. The lowest BCUT2D eigenvalue weighted by Crippen LogP contribution is -2.40. The summed E-state index contributed by atoms with van der Waals surface area (Å²) < 4.78 is 63.1. The highest BCUT2D eigenvalue weighted by atomic mass is 35.5. The van der Waals surface area contributed by atoms with Gasteiger partial charge in [-0.25, -0.2) is 9.18 Å². The molecule has 0 spiro atoms. The molecule has 0 aliphatic carbocycles. The Balaban J connectivity index is 1.41. The molecule has 4 aromatic heterocycles. The molecule has 0 radical (unpaired) electrons. The van der Waals surface area contributed by atoms with Gasteiger partial charge < -0.3 is 14.8 Å². The minimum Gasteiger partial charge on any atom is -0.618 e. The molecule has 5 aromatic rings. The van der Waals surface area contributed by atoms with Crippen LogP contribution in [0, 0.1) is 11.0 Å². The van der Waals surface area contributed by atoms with Crippen molar-refractivity contribution in [2.24, 2.45) is 0 Å². The van der Waals surface area contributed by atoms with Gasteiger partial charge in [0.05, 0.1) is 41.1 Å². The Morgan fingerprint density at radius 1 is 1.14 bits per heavy atom. The molecule has 17 heteroatoms. The molecule has 1 aliphatic rings. The molecule has 5 heterocycles. The lowest BCUT2D eigenvalue weighted by Gasteiger charge is -2.22. The number of alkyl halides is 3. The van der Waals surface area contributed by atoms with E-state index in [9.17, 15) is 23.2 Å². The summed E-state index contributed by atoms with van der Waals surface area (Å²) in [5.41, 5.74) is -0.0980. The Bertz CT molecular complexity index is 1810. The quantitative estimate of drug-likeness (QED) is 0.152. The first kappa shape index (κ1) is 28.0. The number of hydrogen-bond donors (Lipinski definition) is 0. The molecule has 220 valence electrons. The van der Waals surface area contributed by atoms with Gasteiger partial charge in [-0.2, -0.15) is 27.7 Å². The lowest BCUT2D eigenvalue weighted by atomic mass is 10.0. The Labute approximate surface area is 244 Å². The zero-order valence-electron chi connectivity index (χ0n) is 21.7. The van der Waals surface area contributed by atoms with Gasteiger partial charge in [0.2, 0.25) is 5.69 Å². The van der Waals surface area contributed by atoms with Crippen LogP contribution in [-0.4, -0.2) is 65.7 Å². The van der Waals surface area contributed by atoms with Gasteiger partial charge in [0.25, 0.3) is 0 Å². The fraction of sp³-hybridized carbons (Fsp3) is 0.192. The Morgan fingerprint density at radius 3 is 2.67 bits per heavy atom. The molecule has 1 amide bonds. The number of carbonyl (C=O) groups excluding carboxylic acids is 1. The van der Waals surface area contributed by atoms with Gasteiger partial charge in [-0.05, 0) is 46.3 Å². The Morgan fingerprint density at radius 2 is 1.98 bits per heavy atom. The van der Waals surface area contributed by atoms with E-state index in [2.05, 4.69) is 25.6 Å². The normalized spacial score (nSPS) is 14.3. The number of rotatable bonds is 7. The third-order valence-corrected chi connectivity index (χ3v) is 7.08. The number of cyclic esters (lactones) is 1. The van der Waals surface area contributed by atoms with Crippen LogP contribution in [-0.2, 0) is 10.9 Å². The van der Waals surface area contributed by atoms with Crippen molar-refractivity contribution in [3.8, 4) is 27.9 Å². The molecule has 1 aromatic carbocycles. The molecule has 12 nitrogen and oxygen atoms in total. The van der Waals surface area contributed by atoms with E-state index in [4.69, 9.17) is 16.3 Å². The summed E-state index contributed by atoms with van der Waals surface area (Å²) in [5, 5.41) is 28.6. The SMILES string of the molecule is O=C1OCCN1C[C@@H](c1ccc(-c2c(-n3cnnn3)ccc(Cl)c2F)c[n+]1[O-])n1cc(-c2ccnc(C(F)(F)F)c2)cn1. The van der Waals surface area contributed by atoms with Gasteiger partial charge >= 0.3 is 12.3 Å². The maximum atomic E-state index is 15.3. The predicted octanol–water partition coefficient (Wildman–Crippen LogP) is 4.07. The van der Waals surface area contributed by atoms with Crippen molar-refractivity contribution < 1.29 is 31.8 Å². The maximum Gasteiger partial charge on any atom is 0.433 e. The standard InChI is InChI=1S/C26H18ClF4N9O3/c27-18-2-4-20(39-14-33-35-36-39)23(24(18)28)16-1-3-19(40(42)12-16)21(13-37-7-8-43-25(37)41)38-11-17(10-34-38)15-5-6-32-22(9-15)26(29,30)31/h1-6,9-12,14,21H,7-8,13H2/t21-/m0/s1. The van der Waals surface area contributed by atoms with Gasteiger partial charge in [0.15, 0.2) is 18.1 Å². The van der Waals surface area contributed by atoms with E-state index in [0.717, 1.165) is 18.5 Å². The number of ether oxygens (including phenoxy) is 1. The average molecular weight is 616 g/mol. The number of pyridine rings is 2. The minimum absolute atomic E-state index is 0.0323. The van der Waals surface area contributed by atoms with Crippen LogP contribution in [0.4, 0.5) is 22.4 Å². The molecular weight excluding hydrogens is 598 g/mol. The van der Waals surface area contributed by atoms with Gasteiger partial charge in [0, 0.05) is 24.0 Å². The van der Waals surface area contributed by atoms with Crippen LogP contribution in [0.25, 0.3) is 27.9 Å². The molecule has 43 heavy (non-hydrogen) atoms. The molecule has 1 fully saturated rings. The molecule has 1 saturated heterocycles. The summed E-state index contributed by atoms with van der Waals surface area (Å²) in [6.45, 7) is 0.354. The highest BCUT2D eigenvalue weighted by Gasteiger charge is 2.34. The van der Waals surface area contributed by atoms with E-state index < -0.39 is 29.8 Å². The zero-order chi connectivity index (χ0) is 30.3. The summed E-state index contributed by atoms with van der Waals surface area (Å²) in [6, 6.07) is 7.14. The van der Waals surface area contributed by atoms with Gasteiger partial charge in [-0.15, -0.1) is 5.10 Å². The van der Waals surface area contributed by atoms with Gasteiger partial charge in [-0.3, -0.25) is 9.67 Å².